The third-order valence-corrected chi connectivity index (χ3v) is 8.91. The number of aliphatic hydroxyl groups excluding tert-OH is 2. The van der Waals surface area contributed by atoms with Crippen LogP contribution in [-0.4, -0.2) is 80.6 Å². The van der Waals surface area contributed by atoms with Crippen LogP contribution >= 0.6 is 0 Å². The summed E-state index contributed by atoms with van der Waals surface area (Å²) in [4.78, 5) is 54.7. The van der Waals surface area contributed by atoms with E-state index in [1.165, 1.54) is 25.1 Å². The highest BCUT2D eigenvalue weighted by molar-refractivity contribution is 6.24. The monoisotopic (exact) mass is 556 g/mol. The topological polar surface area (TPSA) is 188 Å². The Balaban J connectivity index is 0.00000370. The molecule has 2 saturated carbocycles. The van der Waals surface area contributed by atoms with Crippen LogP contribution in [0, 0.1) is 17.8 Å². The van der Waals surface area contributed by atoms with Crippen LogP contribution in [0.5, 0.6) is 5.75 Å². The van der Waals surface area contributed by atoms with E-state index < -0.39 is 82.0 Å². The maximum atomic E-state index is 14.2. The zero-order chi connectivity index (χ0) is 28.5. The number of rotatable bonds is 4. The molecular formula is C29H36N2O9. The average molecular weight is 557 g/mol. The number of primary amides is 1. The average Bonchev–Trinajstić information content (AvgIpc) is 3.41. The van der Waals surface area contributed by atoms with Crippen LogP contribution in [0.1, 0.15) is 57.1 Å². The van der Waals surface area contributed by atoms with E-state index in [0.717, 1.165) is 12.8 Å². The summed E-state index contributed by atoms with van der Waals surface area (Å²) in [6, 6.07) is 3.17. The van der Waals surface area contributed by atoms with E-state index in [1.54, 1.807) is 19.1 Å². The molecule has 11 nitrogen and oxygen atoms in total. The van der Waals surface area contributed by atoms with Gasteiger partial charge in [0.2, 0.25) is 5.78 Å². The van der Waals surface area contributed by atoms with Crippen molar-refractivity contribution < 1.29 is 44.3 Å². The highest BCUT2D eigenvalue weighted by atomic mass is 16.5. The number of Topliss-reactive ketones (excluding diaryl/α,β-unsaturated/α-hetero) is 2. The minimum atomic E-state index is -2.94. The first-order valence-corrected chi connectivity index (χ1v) is 13.0. The number of carbonyl (C=O) groups excluding carboxylic acids is 4. The van der Waals surface area contributed by atoms with Gasteiger partial charge in [-0.05, 0) is 44.5 Å². The Kier molecular flexibility index (Phi) is 7.35. The van der Waals surface area contributed by atoms with Gasteiger partial charge in [0, 0.05) is 11.5 Å². The van der Waals surface area contributed by atoms with Crippen molar-refractivity contribution in [2.45, 2.75) is 63.7 Å². The number of carbonyl (C=O) groups is 4. The second-order valence-electron chi connectivity index (χ2n) is 11.2. The third-order valence-electron chi connectivity index (χ3n) is 8.91. The summed E-state index contributed by atoms with van der Waals surface area (Å²) in [6.07, 6.45) is 1.48. The minimum absolute atomic E-state index is 0. The predicted octanol–water partition coefficient (Wildman–Crippen LogP) is 1.87. The molecule has 11 heteroatoms. The number of aliphatic hydroxyl groups is 3. The quantitative estimate of drug-likeness (QED) is 0.271. The van der Waals surface area contributed by atoms with E-state index in [4.69, 9.17) is 10.5 Å². The van der Waals surface area contributed by atoms with Gasteiger partial charge in [0.15, 0.2) is 11.4 Å². The van der Waals surface area contributed by atoms with Crippen molar-refractivity contribution in [2.24, 2.45) is 23.5 Å². The number of nitrogens with two attached hydrogens (primary N) is 1. The summed E-state index contributed by atoms with van der Waals surface area (Å²) in [6.45, 7) is 1.73. The number of esters is 1. The van der Waals surface area contributed by atoms with Crippen molar-refractivity contribution in [3.8, 4) is 5.75 Å². The highest BCUT2D eigenvalue weighted by Crippen LogP contribution is 2.57. The number of amides is 1. The Labute approximate surface area is 231 Å². The van der Waals surface area contributed by atoms with Crippen molar-refractivity contribution in [1.29, 1.82) is 0 Å². The number of likely N-dealkylation sites (N-methyl/N-ethyl adjacent to an activating group) is 1. The van der Waals surface area contributed by atoms with Gasteiger partial charge in [-0.15, -0.1) is 0 Å². The summed E-state index contributed by atoms with van der Waals surface area (Å²) >= 11 is 0. The first-order valence-electron chi connectivity index (χ1n) is 13.0. The largest absolute Gasteiger partial charge is 0.508 e. The van der Waals surface area contributed by atoms with Crippen LogP contribution in [0.3, 0.4) is 0 Å². The van der Waals surface area contributed by atoms with Crippen LogP contribution in [0.2, 0.25) is 0 Å². The Hall–Kier alpha value is -3.70. The summed E-state index contributed by atoms with van der Waals surface area (Å²) in [5.74, 6) is -9.84. The smallest absolute Gasteiger partial charge is 0.309 e. The summed E-state index contributed by atoms with van der Waals surface area (Å²) in [5.41, 5.74) is 1.60. The van der Waals surface area contributed by atoms with Gasteiger partial charge < -0.3 is 30.9 Å². The number of ketones is 2. The van der Waals surface area contributed by atoms with Crippen LogP contribution in [0.4, 0.5) is 0 Å². The molecule has 0 unspecified atom stereocenters. The summed E-state index contributed by atoms with van der Waals surface area (Å²) in [5, 5.41) is 45.1. The standard InChI is InChI=1S/C28H32N2O9.CH4/c1-11-13-9-6-10-14(31)16(13)21(32)17-15(11)23(39-27(37)12-7-4-5-8-12)19-20(30(2)3)22(33)18(26(29)36)25(35)28(19,38)24(17)34;/h6,9-12,15,19-20,23,31-32,35,38H,4-5,7-8H2,1-3H3,(H2,29,36);1H4/t11-,15+,19+,20-,23-,28-;/m0./s1. The minimum Gasteiger partial charge on any atom is -0.508 e. The molecule has 4 aliphatic carbocycles. The van der Waals surface area contributed by atoms with Gasteiger partial charge in [0.05, 0.1) is 23.4 Å². The van der Waals surface area contributed by atoms with Crippen LogP contribution in [-0.2, 0) is 23.9 Å². The number of phenols is 1. The third kappa shape index (κ3) is 3.86. The lowest BCUT2D eigenvalue weighted by atomic mass is 9.54. The fourth-order valence-corrected chi connectivity index (χ4v) is 7.08. The highest BCUT2D eigenvalue weighted by Gasteiger charge is 2.69. The molecule has 6 N–H and O–H groups in total. The van der Waals surface area contributed by atoms with Crippen LogP contribution in [0.15, 0.2) is 35.1 Å². The Morgan fingerprint density at radius 3 is 2.30 bits per heavy atom. The normalized spacial score (nSPS) is 31.9. The van der Waals surface area contributed by atoms with E-state index in [2.05, 4.69) is 0 Å². The number of hydrogen-bond acceptors (Lipinski definition) is 10. The number of ether oxygens (including phenoxy) is 1. The van der Waals surface area contributed by atoms with Crippen molar-refractivity contribution in [1.82, 2.24) is 4.90 Å². The maximum absolute atomic E-state index is 14.2. The predicted molar refractivity (Wildman–Crippen MR) is 143 cm³/mol. The Morgan fingerprint density at radius 2 is 1.73 bits per heavy atom. The Bertz CT molecular complexity index is 1360. The van der Waals surface area contributed by atoms with Crippen molar-refractivity contribution in [3.63, 3.8) is 0 Å². The molecule has 1 aromatic carbocycles. The zero-order valence-corrected chi connectivity index (χ0v) is 21.9. The van der Waals surface area contributed by atoms with Crippen molar-refractivity contribution in [3.05, 3.63) is 46.2 Å². The van der Waals surface area contributed by atoms with Crippen LogP contribution < -0.4 is 5.73 Å². The molecule has 0 radical (unpaired) electrons. The molecule has 0 spiro atoms. The molecule has 0 aliphatic heterocycles. The lowest BCUT2D eigenvalue weighted by molar-refractivity contribution is -0.187. The molecule has 40 heavy (non-hydrogen) atoms. The zero-order valence-electron chi connectivity index (χ0n) is 21.9. The molecule has 5 rings (SSSR count). The fraction of sp³-hybridized carbons (Fsp3) is 0.517. The van der Waals surface area contributed by atoms with E-state index in [9.17, 15) is 39.6 Å². The molecule has 1 aromatic rings. The van der Waals surface area contributed by atoms with E-state index in [-0.39, 0.29) is 24.3 Å². The lowest BCUT2D eigenvalue weighted by Gasteiger charge is -2.54. The molecule has 216 valence electrons. The molecule has 0 saturated heterocycles. The summed E-state index contributed by atoms with van der Waals surface area (Å²) < 4.78 is 6.08. The van der Waals surface area contributed by atoms with Crippen molar-refractivity contribution >= 4 is 29.2 Å². The van der Waals surface area contributed by atoms with Gasteiger partial charge in [-0.1, -0.05) is 39.3 Å². The van der Waals surface area contributed by atoms with Gasteiger partial charge in [-0.25, -0.2) is 0 Å². The second kappa shape index (κ2) is 10.0. The number of fused-ring (bicyclic) bond motifs is 3. The second-order valence-corrected chi connectivity index (χ2v) is 11.2. The number of aromatic hydroxyl groups is 1. The van der Waals surface area contributed by atoms with E-state index in [0.29, 0.717) is 18.4 Å². The molecule has 6 atom stereocenters. The molecule has 1 amide bonds. The molecule has 0 heterocycles. The first-order chi connectivity index (χ1) is 18.3. The van der Waals surface area contributed by atoms with E-state index in [1.807, 2.05) is 0 Å². The van der Waals surface area contributed by atoms with Crippen LogP contribution in [0.25, 0.3) is 5.76 Å². The number of hydrogen-bond donors (Lipinski definition) is 5. The molecule has 2 fully saturated rings. The van der Waals surface area contributed by atoms with Gasteiger partial charge in [-0.2, -0.15) is 0 Å². The van der Waals surface area contributed by atoms with Crippen molar-refractivity contribution in [2.75, 3.05) is 14.1 Å². The molecule has 0 aromatic heterocycles. The van der Waals surface area contributed by atoms with Gasteiger partial charge in [-0.3, -0.25) is 24.1 Å². The Morgan fingerprint density at radius 1 is 1.10 bits per heavy atom. The van der Waals surface area contributed by atoms with Gasteiger partial charge in [0.1, 0.15) is 28.9 Å². The van der Waals surface area contributed by atoms with E-state index >= 15 is 0 Å². The lowest BCUT2D eigenvalue weighted by Crippen LogP contribution is -2.71. The number of nitrogens with zero attached hydrogens (tertiary/aromatic N) is 1. The fourth-order valence-electron chi connectivity index (χ4n) is 7.08. The molecule has 0 bridgehead atoms. The molecule has 4 aliphatic rings. The SMILES string of the molecule is C.C[C@H]1c2cccc(O)c2C(O)=C2C(=O)[C@]3(O)C(O)=C(C(N)=O)C(=O)[C@@H](N(C)C)[C@@H]3[C@@H](OC(=O)C3CCCC3)[C@@H]21. The number of benzene rings is 1. The summed E-state index contributed by atoms with van der Waals surface area (Å²) in [7, 11) is 2.98. The maximum Gasteiger partial charge on any atom is 0.309 e. The van der Waals surface area contributed by atoms with Gasteiger partial charge >= 0.3 is 5.97 Å². The number of phenolic OH excluding ortho intramolecular Hbond substituents is 1. The van der Waals surface area contributed by atoms with Gasteiger partial charge in [0.25, 0.3) is 5.91 Å². The first kappa shape index (κ1) is 29.3. The molecular weight excluding hydrogens is 520 g/mol.